The van der Waals surface area contributed by atoms with Crippen LogP contribution >= 0.6 is 0 Å². The fourth-order valence-corrected chi connectivity index (χ4v) is 5.22. The van der Waals surface area contributed by atoms with Gasteiger partial charge in [-0.25, -0.2) is 0 Å². The number of hydrogen-bond acceptors (Lipinski definition) is 4. The molecule has 170 valence electrons. The van der Waals surface area contributed by atoms with Gasteiger partial charge in [-0.2, -0.15) is 0 Å². The number of ether oxygens (including phenoxy) is 2. The molecule has 0 bridgehead atoms. The van der Waals surface area contributed by atoms with Gasteiger partial charge < -0.3 is 9.47 Å². The summed E-state index contributed by atoms with van der Waals surface area (Å²) < 4.78 is 10.9. The van der Waals surface area contributed by atoms with Crippen molar-refractivity contribution in [3.8, 4) is 0 Å². The normalized spacial score (nSPS) is 19.2. The molecule has 1 saturated carbocycles. The van der Waals surface area contributed by atoms with E-state index in [0.717, 1.165) is 31.2 Å². The molecule has 4 heteroatoms. The molecule has 0 spiro atoms. The van der Waals surface area contributed by atoms with Crippen LogP contribution in [0.15, 0.2) is 42.0 Å². The maximum atomic E-state index is 13.1. The van der Waals surface area contributed by atoms with Crippen LogP contribution in [0.1, 0.15) is 89.0 Å². The van der Waals surface area contributed by atoms with E-state index in [1.807, 2.05) is 30.3 Å². The summed E-state index contributed by atoms with van der Waals surface area (Å²) in [6.07, 6.45) is 15.4. The summed E-state index contributed by atoms with van der Waals surface area (Å²) in [6.45, 7) is 0.238. The Bertz CT molecular complexity index is 733. The van der Waals surface area contributed by atoms with E-state index in [0.29, 0.717) is 18.8 Å². The lowest BCUT2D eigenvalue weighted by Crippen LogP contribution is -2.37. The van der Waals surface area contributed by atoms with Gasteiger partial charge in [0.05, 0.1) is 18.9 Å². The van der Waals surface area contributed by atoms with E-state index in [1.54, 1.807) is 0 Å². The first kappa shape index (κ1) is 23.6. The monoisotopic (exact) mass is 426 g/mol. The second kappa shape index (κ2) is 12.1. The van der Waals surface area contributed by atoms with Crippen molar-refractivity contribution in [3.63, 3.8) is 0 Å². The summed E-state index contributed by atoms with van der Waals surface area (Å²) in [4.78, 5) is 26.0. The van der Waals surface area contributed by atoms with Crippen molar-refractivity contribution in [2.75, 3.05) is 7.11 Å². The summed E-state index contributed by atoms with van der Waals surface area (Å²) in [6, 6.07) is 9.69. The Morgan fingerprint density at radius 3 is 2.48 bits per heavy atom. The zero-order chi connectivity index (χ0) is 21.9. The first-order chi connectivity index (χ1) is 15.1. The summed E-state index contributed by atoms with van der Waals surface area (Å²) >= 11 is 0. The number of carbonyl (C=O) groups is 2. The third-order valence-electron chi connectivity index (χ3n) is 7.05. The van der Waals surface area contributed by atoms with Gasteiger partial charge in [0.25, 0.3) is 0 Å². The molecule has 0 heterocycles. The number of allylic oxidation sites excluding steroid dienone is 2. The lowest BCUT2D eigenvalue weighted by atomic mass is 9.71. The first-order valence-electron chi connectivity index (χ1n) is 12.1. The summed E-state index contributed by atoms with van der Waals surface area (Å²) in [7, 11) is 1.45. The standard InChI is InChI=1S/C27H38O4/c1-30-26(29)27(19-23-13-7-3-8-14-23,18-17-22-11-5-2-6-12-22)20-25(28)31-21-24-15-9-4-10-16-24/h4,9-10,13,15-16,22H,2-3,5-8,11-12,14,17-21H2,1H3. The Kier molecular flexibility index (Phi) is 9.17. The summed E-state index contributed by atoms with van der Waals surface area (Å²) in [5.74, 6) is 0.0826. The zero-order valence-corrected chi connectivity index (χ0v) is 19.1. The molecule has 1 unspecified atom stereocenters. The van der Waals surface area contributed by atoms with Crippen molar-refractivity contribution in [2.24, 2.45) is 11.3 Å². The topological polar surface area (TPSA) is 52.6 Å². The average molecular weight is 427 g/mol. The highest BCUT2D eigenvalue weighted by Crippen LogP contribution is 2.42. The van der Waals surface area contributed by atoms with Crippen molar-refractivity contribution in [1.82, 2.24) is 0 Å². The Hall–Kier alpha value is -2.10. The van der Waals surface area contributed by atoms with Gasteiger partial charge in [0, 0.05) is 0 Å². The number of carbonyl (C=O) groups excluding carboxylic acids is 2. The van der Waals surface area contributed by atoms with Crippen LogP contribution in [0.5, 0.6) is 0 Å². The highest BCUT2D eigenvalue weighted by molar-refractivity contribution is 5.83. The molecule has 31 heavy (non-hydrogen) atoms. The van der Waals surface area contributed by atoms with Gasteiger partial charge in [0.15, 0.2) is 0 Å². The fraction of sp³-hybridized carbons (Fsp3) is 0.630. The number of rotatable bonds is 10. The van der Waals surface area contributed by atoms with Gasteiger partial charge in [-0.1, -0.05) is 74.1 Å². The molecule has 2 aliphatic carbocycles. The Morgan fingerprint density at radius 2 is 1.81 bits per heavy atom. The fourth-order valence-electron chi connectivity index (χ4n) is 5.22. The molecule has 1 fully saturated rings. The van der Waals surface area contributed by atoms with Crippen molar-refractivity contribution in [2.45, 2.75) is 90.1 Å². The third kappa shape index (κ3) is 7.22. The number of benzene rings is 1. The molecule has 1 aromatic rings. The Labute approximate surface area is 187 Å². The molecular weight excluding hydrogens is 388 g/mol. The molecule has 1 atom stereocenters. The number of esters is 2. The SMILES string of the molecule is COC(=O)C(CCC1CCCCC1)(CC(=O)OCc1ccccc1)CC1=CCCCC1. The molecule has 0 aromatic heterocycles. The van der Waals surface area contributed by atoms with Gasteiger partial charge in [0.2, 0.25) is 0 Å². The van der Waals surface area contributed by atoms with Crippen LogP contribution in [-0.2, 0) is 25.7 Å². The third-order valence-corrected chi connectivity index (χ3v) is 7.05. The molecule has 0 amide bonds. The summed E-state index contributed by atoms with van der Waals surface area (Å²) in [5, 5.41) is 0. The summed E-state index contributed by atoms with van der Waals surface area (Å²) in [5.41, 5.74) is 1.44. The van der Waals surface area contributed by atoms with Gasteiger partial charge in [0.1, 0.15) is 6.61 Å². The van der Waals surface area contributed by atoms with E-state index in [9.17, 15) is 9.59 Å². The lowest BCUT2D eigenvalue weighted by molar-refractivity contribution is -0.162. The quantitative estimate of drug-likeness (QED) is 0.315. The molecule has 1 aromatic carbocycles. The molecule has 2 aliphatic rings. The highest BCUT2D eigenvalue weighted by Gasteiger charge is 2.43. The molecular formula is C27H38O4. The van der Waals surface area contributed by atoms with Crippen LogP contribution in [0.4, 0.5) is 0 Å². The Morgan fingerprint density at radius 1 is 1.03 bits per heavy atom. The number of hydrogen-bond donors (Lipinski definition) is 0. The van der Waals surface area contributed by atoms with E-state index in [-0.39, 0.29) is 25.0 Å². The minimum Gasteiger partial charge on any atom is -0.469 e. The van der Waals surface area contributed by atoms with E-state index >= 15 is 0 Å². The van der Waals surface area contributed by atoms with E-state index in [1.165, 1.54) is 51.2 Å². The molecule has 3 rings (SSSR count). The van der Waals surface area contributed by atoms with Crippen molar-refractivity contribution in [1.29, 1.82) is 0 Å². The predicted octanol–water partition coefficient (Wildman–Crippen LogP) is 6.53. The van der Waals surface area contributed by atoms with Gasteiger partial charge in [-0.15, -0.1) is 0 Å². The molecule has 0 N–H and O–H groups in total. The molecule has 0 radical (unpaired) electrons. The van der Waals surface area contributed by atoms with Crippen molar-refractivity contribution < 1.29 is 19.1 Å². The van der Waals surface area contributed by atoms with Crippen LogP contribution in [0, 0.1) is 11.3 Å². The van der Waals surface area contributed by atoms with E-state index < -0.39 is 5.41 Å². The largest absolute Gasteiger partial charge is 0.469 e. The molecule has 0 aliphatic heterocycles. The van der Waals surface area contributed by atoms with Gasteiger partial charge in [-0.05, 0) is 56.4 Å². The predicted molar refractivity (Wildman–Crippen MR) is 122 cm³/mol. The Balaban J connectivity index is 1.72. The minimum absolute atomic E-state index is 0.0938. The average Bonchev–Trinajstić information content (AvgIpc) is 2.82. The smallest absolute Gasteiger partial charge is 0.312 e. The van der Waals surface area contributed by atoms with Crippen LogP contribution in [0.25, 0.3) is 0 Å². The lowest BCUT2D eigenvalue weighted by Gasteiger charge is -2.34. The second-order valence-corrected chi connectivity index (χ2v) is 9.42. The van der Waals surface area contributed by atoms with Crippen LogP contribution in [-0.4, -0.2) is 19.0 Å². The zero-order valence-electron chi connectivity index (χ0n) is 19.1. The maximum Gasteiger partial charge on any atom is 0.312 e. The van der Waals surface area contributed by atoms with Crippen LogP contribution < -0.4 is 0 Å². The van der Waals surface area contributed by atoms with E-state index in [2.05, 4.69) is 6.08 Å². The van der Waals surface area contributed by atoms with Crippen molar-refractivity contribution >= 4 is 11.9 Å². The molecule has 0 saturated heterocycles. The van der Waals surface area contributed by atoms with Crippen molar-refractivity contribution in [3.05, 3.63) is 47.5 Å². The van der Waals surface area contributed by atoms with E-state index in [4.69, 9.17) is 9.47 Å². The highest BCUT2D eigenvalue weighted by atomic mass is 16.5. The van der Waals surface area contributed by atoms with Gasteiger partial charge in [-0.3, -0.25) is 9.59 Å². The number of methoxy groups -OCH3 is 1. The van der Waals surface area contributed by atoms with Gasteiger partial charge >= 0.3 is 11.9 Å². The maximum absolute atomic E-state index is 13.1. The first-order valence-corrected chi connectivity index (χ1v) is 12.1. The minimum atomic E-state index is -0.816. The molecule has 4 nitrogen and oxygen atoms in total. The van der Waals surface area contributed by atoms with Crippen LogP contribution in [0.2, 0.25) is 0 Å². The van der Waals surface area contributed by atoms with Crippen LogP contribution in [0.3, 0.4) is 0 Å². The second-order valence-electron chi connectivity index (χ2n) is 9.42.